The van der Waals surface area contributed by atoms with E-state index in [9.17, 15) is 9.59 Å². The third-order valence-electron chi connectivity index (χ3n) is 5.08. The number of hydrogen-bond donors (Lipinski definition) is 3. The molecule has 0 unspecified atom stereocenters. The van der Waals surface area contributed by atoms with Crippen LogP contribution in [0.5, 0.6) is 0 Å². The maximum Gasteiger partial charge on any atom is 0.303 e. The Morgan fingerprint density at radius 1 is 1.30 bits per heavy atom. The van der Waals surface area contributed by atoms with Gasteiger partial charge in [-0.25, -0.2) is 4.98 Å². The molecule has 0 atom stereocenters. The van der Waals surface area contributed by atoms with Gasteiger partial charge in [0.25, 0.3) is 0 Å². The number of carbonyl (C=O) groups is 2. The van der Waals surface area contributed by atoms with Crippen LogP contribution in [0.25, 0.3) is 16.6 Å². The molecule has 30 heavy (non-hydrogen) atoms. The summed E-state index contributed by atoms with van der Waals surface area (Å²) in [6.07, 6.45) is 6.96. The van der Waals surface area contributed by atoms with Crippen LogP contribution in [0, 0.1) is 5.41 Å². The molecule has 3 N–H and O–H groups in total. The number of benzene rings is 1. The van der Waals surface area contributed by atoms with Gasteiger partial charge in [-0.05, 0) is 47.3 Å². The van der Waals surface area contributed by atoms with Gasteiger partial charge in [-0.2, -0.15) is 0 Å². The number of carbonyl (C=O) groups excluding carboxylic acids is 1. The summed E-state index contributed by atoms with van der Waals surface area (Å²) in [5, 5.41) is 19.8. The molecule has 3 rings (SSSR count). The second-order valence-corrected chi connectivity index (χ2v) is 8.03. The third kappa shape index (κ3) is 5.63. The lowest BCUT2D eigenvalue weighted by Crippen LogP contribution is -2.43. The molecule has 9 heteroatoms. The second kappa shape index (κ2) is 10.3. The summed E-state index contributed by atoms with van der Waals surface area (Å²) < 4.78 is 0.854. The van der Waals surface area contributed by atoms with Crippen molar-refractivity contribution in [3.05, 3.63) is 40.8 Å². The molecule has 2 heterocycles. The fourth-order valence-corrected chi connectivity index (χ4v) is 3.82. The van der Waals surface area contributed by atoms with E-state index >= 15 is 0 Å². The molecule has 0 spiro atoms. The van der Waals surface area contributed by atoms with Crippen LogP contribution in [0.4, 0.5) is 0 Å². The Bertz CT molecular complexity index is 970. The Kier molecular flexibility index (Phi) is 7.51. The van der Waals surface area contributed by atoms with Crippen molar-refractivity contribution in [3.8, 4) is 0 Å². The zero-order valence-corrected chi connectivity index (χ0v) is 18.1. The Labute approximate surface area is 183 Å². The van der Waals surface area contributed by atoms with Crippen molar-refractivity contribution in [2.24, 2.45) is 0 Å². The summed E-state index contributed by atoms with van der Waals surface area (Å²) in [6, 6.07) is 5.89. The minimum atomic E-state index is -0.872. The van der Waals surface area contributed by atoms with Crippen molar-refractivity contribution < 1.29 is 14.7 Å². The van der Waals surface area contributed by atoms with Crippen LogP contribution >= 0.6 is 15.9 Å². The molecule has 0 aliphatic carbocycles. The van der Waals surface area contributed by atoms with Crippen molar-refractivity contribution >= 4 is 50.6 Å². The van der Waals surface area contributed by atoms with Crippen LogP contribution in [0.2, 0.25) is 0 Å². The predicted molar refractivity (Wildman–Crippen MR) is 118 cm³/mol. The number of halogens is 1. The smallest absolute Gasteiger partial charge is 0.303 e. The van der Waals surface area contributed by atoms with Crippen molar-refractivity contribution in [2.75, 3.05) is 13.1 Å². The van der Waals surface area contributed by atoms with Gasteiger partial charge in [0.05, 0.1) is 17.4 Å². The van der Waals surface area contributed by atoms with E-state index in [-0.39, 0.29) is 24.8 Å². The Hall–Kier alpha value is -2.81. The van der Waals surface area contributed by atoms with E-state index < -0.39 is 5.97 Å². The van der Waals surface area contributed by atoms with Gasteiger partial charge in [-0.15, -0.1) is 0 Å². The van der Waals surface area contributed by atoms with Gasteiger partial charge in [-0.1, -0.05) is 6.07 Å². The molecular formula is C21H24BrN5O3. The highest BCUT2D eigenvalue weighted by Gasteiger charge is 2.22. The molecule has 0 saturated carbocycles. The van der Waals surface area contributed by atoms with Crippen LogP contribution < -0.4 is 5.32 Å². The first-order chi connectivity index (χ1) is 14.5. The monoisotopic (exact) mass is 473 g/mol. The number of allylic oxidation sites excluding steroid dienone is 1. The first kappa shape index (κ1) is 21.9. The lowest BCUT2D eigenvalue weighted by molar-refractivity contribution is -0.137. The van der Waals surface area contributed by atoms with E-state index in [4.69, 9.17) is 10.5 Å². The number of nitrogens with one attached hydrogen (secondary N) is 2. The summed E-state index contributed by atoms with van der Waals surface area (Å²) in [6.45, 7) is 1.28. The number of rotatable bonds is 8. The topological polar surface area (TPSA) is 119 Å². The third-order valence-corrected chi connectivity index (χ3v) is 5.72. The average Bonchev–Trinajstić information content (AvgIpc) is 2.74. The van der Waals surface area contributed by atoms with Crippen LogP contribution in [-0.2, 0) is 9.59 Å². The van der Waals surface area contributed by atoms with Crippen molar-refractivity contribution in [2.45, 2.75) is 38.1 Å². The van der Waals surface area contributed by atoms with Gasteiger partial charge in [0.1, 0.15) is 5.52 Å². The Balaban J connectivity index is 1.56. The van der Waals surface area contributed by atoms with Gasteiger partial charge in [0.15, 0.2) is 0 Å². The summed E-state index contributed by atoms with van der Waals surface area (Å²) in [5.74, 6) is -0.856. The minimum absolute atomic E-state index is 0.0161. The van der Waals surface area contributed by atoms with E-state index in [2.05, 4.69) is 31.2 Å². The Morgan fingerprint density at radius 3 is 2.77 bits per heavy atom. The molecule has 2 aromatic rings. The SMILES string of the molecule is N=C/C(=C\NC1CCN(C(=O)CCCC(=O)O)CC1)c1cnc2cccc(Br)c2n1. The lowest BCUT2D eigenvalue weighted by atomic mass is 10.0. The van der Waals surface area contributed by atoms with Gasteiger partial charge in [0.2, 0.25) is 5.91 Å². The zero-order valence-electron chi connectivity index (χ0n) is 16.5. The number of carboxylic acid groups (broad SMARTS) is 1. The lowest BCUT2D eigenvalue weighted by Gasteiger charge is -2.32. The number of piperidine rings is 1. The molecule has 8 nitrogen and oxygen atoms in total. The molecule has 1 aliphatic heterocycles. The average molecular weight is 474 g/mol. The minimum Gasteiger partial charge on any atom is -0.481 e. The number of para-hydroxylation sites is 1. The number of aromatic nitrogens is 2. The number of aliphatic carboxylic acids is 1. The van der Waals surface area contributed by atoms with Crippen LogP contribution in [-0.4, -0.2) is 57.2 Å². The number of fused-ring (bicyclic) bond motifs is 1. The molecule has 1 amide bonds. The van der Waals surface area contributed by atoms with Crippen LogP contribution in [0.1, 0.15) is 37.8 Å². The van der Waals surface area contributed by atoms with E-state index in [0.717, 1.165) is 28.3 Å². The maximum absolute atomic E-state index is 12.2. The molecule has 0 radical (unpaired) electrons. The quantitative estimate of drug-likeness (QED) is 0.506. The highest BCUT2D eigenvalue weighted by Crippen LogP contribution is 2.22. The van der Waals surface area contributed by atoms with Crippen molar-refractivity contribution in [1.82, 2.24) is 20.2 Å². The van der Waals surface area contributed by atoms with Gasteiger partial charge < -0.3 is 20.7 Å². The van der Waals surface area contributed by atoms with Crippen molar-refractivity contribution in [1.29, 1.82) is 5.41 Å². The number of carboxylic acids is 1. The summed E-state index contributed by atoms with van der Waals surface area (Å²) in [5.41, 5.74) is 2.78. The largest absolute Gasteiger partial charge is 0.481 e. The number of amides is 1. The highest BCUT2D eigenvalue weighted by molar-refractivity contribution is 9.10. The van der Waals surface area contributed by atoms with E-state index in [0.29, 0.717) is 30.8 Å². The molecule has 1 fully saturated rings. The van der Waals surface area contributed by atoms with E-state index in [1.54, 1.807) is 17.3 Å². The molecule has 1 aromatic carbocycles. The first-order valence-electron chi connectivity index (χ1n) is 9.86. The normalized spacial score (nSPS) is 15.2. The van der Waals surface area contributed by atoms with Crippen molar-refractivity contribution in [3.63, 3.8) is 0 Å². The van der Waals surface area contributed by atoms with E-state index in [1.807, 2.05) is 18.2 Å². The summed E-state index contributed by atoms with van der Waals surface area (Å²) in [4.78, 5) is 33.6. The zero-order chi connectivity index (χ0) is 21.5. The molecule has 158 valence electrons. The van der Waals surface area contributed by atoms with Crippen LogP contribution in [0.3, 0.4) is 0 Å². The predicted octanol–water partition coefficient (Wildman–Crippen LogP) is 3.22. The molecule has 1 saturated heterocycles. The highest BCUT2D eigenvalue weighted by atomic mass is 79.9. The standard InChI is InChI=1S/C21H24BrN5O3/c22-16-3-1-4-17-21(16)26-18(13-25-17)14(11-23)12-24-15-7-9-27(10-8-15)19(28)5-2-6-20(29)30/h1,3-4,11-13,15,23-24H,2,5-10H2,(H,29,30)/b14-12+,23-11?. The number of nitrogens with zero attached hydrogens (tertiary/aromatic N) is 3. The van der Waals surface area contributed by atoms with Gasteiger partial charge in [-0.3, -0.25) is 14.6 Å². The molecule has 1 aliphatic rings. The summed E-state index contributed by atoms with van der Waals surface area (Å²) >= 11 is 3.49. The summed E-state index contributed by atoms with van der Waals surface area (Å²) in [7, 11) is 0. The van der Waals surface area contributed by atoms with E-state index in [1.165, 1.54) is 6.21 Å². The fourth-order valence-electron chi connectivity index (χ4n) is 3.38. The van der Waals surface area contributed by atoms with Gasteiger partial charge in [0, 0.05) is 54.4 Å². The molecular weight excluding hydrogens is 450 g/mol. The molecule has 1 aromatic heterocycles. The number of likely N-dealkylation sites (tertiary alicyclic amines) is 1. The maximum atomic E-state index is 12.2. The van der Waals surface area contributed by atoms with Gasteiger partial charge >= 0.3 is 5.97 Å². The first-order valence-corrected chi connectivity index (χ1v) is 10.6. The second-order valence-electron chi connectivity index (χ2n) is 7.18. The number of hydrogen-bond acceptors (Lipinski definition) is 6. The van der Waals surface area contributed by atoms with Crippen LogP contribution in [0.15, 0.2) is 35.1 Å². The Morgan fingerprint density at radius 2 is 2.07 bits per heavy atom. The fraction of sp³-hybridized carbons (Fsp3) is 0.381. The molecule has 0 bridgehead atoms.